The molecule has 0 saturated heterocycles. The lowest BCUT2D eigenvalue weighted by atomic mass is 10.1. The molecule has 0 aliphatic rings. The molecule has 2 aromatic carbocycles. The molecule has 0 spiro atoms. The quantitative estimate of drug-likeness (QED) is 0.516. The summed E-state index contributed by atoms with van der Waals surface area (Å²) in [7, 11) is 0. The normalized spacial score (nSPS) is 10.7. The van der Waals surface area contributed by atoms with Gasteiger partial charge in [0.2, 0.25) is 0 Å². The van der Waals surface area contributed by atoms with E-state index in [-0.39, 0.29) is 5.91 Å². The van der Waals surface area contributed by atoms with E-state index in [1.54, 1.807) is 31.2 Å². The minimum Gasteiger partial charge on any atom is -0.461 e. The Morgan fingerprint density at radius 3 is 2.46 bits per heavy atom. The van der Waals surface area contributed by atoms with Crippen LogP contribution in [0.3, 0.4) is 0 Å². The van der Waals surface area contributed by atoms with Crippen LogP contribution in [-0.2, 0) is 0 Å². The van der Waals surface area contributed by atoms with Crippen molar-refractivity contribution in [2.45, 2.75) is 6.92 Å². The fraction of sp³-hybridized carbons (Fsp3) is 0.0556. The third-order valence-electron chi connectivity index (χ3n) is 3.39. The van der Waals surface area contributed by atoms with Crippen molar-refractivity contribution in [3.05, 3.63) is 74.4 Å². The van der Waals surface area contributed by atoms with Crippen molar-refractivity contribution in [1.82, 2.24) is 0 Å². The van der Waals surface area contributed by atoms with E-state index >= 15 is 0 Å². The van der Waals surface area contributed by atoms with Crippen molar-refractivity contribution in [3.63, 3.8) is 0 Å². The number of furan rings is 1. The molecule has 3 aromatic rings. The molecule has 1 amide bonds. The van der Waals surface area contributed by atoms with Crippen molar-refractivity contribution >= 4 is 50.7 Å². The number of carbonyl (C=O) groups is 1. The predicted octanol–water partition coefficient (Wildman–Crippen LogP) is 6.58. The second-order valence-electron chi connectivity index (χ2n) is 5.20. The number of halogens is 3. The Morgan fingerprint density at radius 1 is 1.08 bits per heavy atom. The summed E-state index contributed by atoms with van der Waals surface area (Å²) in [6.07, 6.45) is 0. The fourth-order valence-electron chi connectivity index (χ4n) is 2.31. The minimum atomic E-state index is -0.242. The van der Waals surface area contributed by atoms with Gasteiger partial charge in [0.05, 0.1) is 5.56 Å². The number of nitrogens with one attached hydrogen (secondary N) is 1. The highest BCUT2D eigenvalue weighted by Crippen LogP contribution is 2.30. The average Bonchev–Trinajstić information content (AvgIpc) is 2.88. The van der Waals surface area contributed by atoms with E-state index in [0.717, 1.165) is 10.0 Å². The zero-order valence-corrected chi connectivity index (χ0v) is 15.7. The molecule has 6 heteroatoms. The molecule has 0 aliphatic heterocycles. The highest BCUT2D eigenvalue weighted by atomic mass is 79.9. The van der Waals surface area contributed by atoms with Crippen molar-refractivity contribution < 1.29 is 9.21 Å². The maximum absolute atomic E-state index is 12.5. The van der Waals surface area contributed by atoms with Crippen molar-refractivity contribution in [2.75, 3.05) is 5.32 Å². The molecule has 0 saturated carbocycles. The lowest BCUT2D eigenvalue weighted by Crippen LogP contribution is -2.11. The van der Waals surface area contributed by atoms with E-state index in [1.165, 1.54) is 0 Å². The third kappa shape index (κ3) is 3.83. The Bertz CT molecular complexity index is 901. The Morgan fingerprint density at radius 2 is 1.79 bits per heavy atom. The first-order valence-electron chi connectivity index (χ1n) is 7.06. The van der Waals surface area contributed by atoms with Gasteiger partial charge in [-0.25, -0.2) is 0 Å². The van der Waals surface area contributed by atoms with Gasteiger partial charge in [0, 0.05) is 25.8 Å². The monoisotopic (exact) mass is 423 g/mol. The number of hydrogen-bond donors (Lipinski definition) is 1. The molecule has 1 N–H and O–H groups in total. The highest BCUT2D eigenvalue weighted by molar-refractivity contribution is 9.10. The summed E-state index contributed by atoms with van der Waals surface area (Å²) in [5.41, 5.74) is 1.88. The predicted molar refractivity (Wildman–Crippen MR) is 101 cm³/mol. The van der Waals surface area contributed by atoms with E-state index in [4.69, 9.17) is 27.6 Å². The van der Waals surface area contributed by atoms with Gasteiger partial charge in [0.25, 0.3) is 5.91 Å². The van der Waals surface area contributed by atoms with Crippen molar-refractivity contribution in [3.8, 4) is 11.3 Å². The van der Waals surface area contributed by atoms with Gasteiger partial charge in [-0.05, 0) is 49.4 Å². The van der Waals surface area contributed by atoms with Crippen LogP contribution in [0.2, 0.25) is 10.0 Å². The summed E-state index contributed by atoms with van der Waals surface area (Å²) in [6.45, 7) is 1.74. The number of carbonyl (C=O) groups excluding carboxylic acids is 1. The van der Waals surface area contributed by atoms with Crippen LogP contribution in [0.5, 0.6) is 0 Å². The molecular formula is C18H12BrCl2NO2. The van der Waals surface area contributed by atoms with Crippen LogP contribution in [0.25, 0.3) is 11.3 Å². The molecular weight excluding hydrogens is 413 g/mol. The minimum absolute atomic E-state index is 0.242. The number of aryl methyl sites for hydroxylation is 1. The molecule has 0 aliphatic carbocycles. The first kappa shape index (κ1) is 17.1. The van der Waals surface area contributed by atoms with E-state index in [1.807, 2.05) is 24.3 Å². The Hall–Kier alpha value is -1.75. The van der Waals surface area contributed by atoms with Gasteiger partial charge in [0.15, 0.2) is 0 Å². The maximum atomic E-state index is 12.5. The van der Waals surface area contributed by atoms with Gasteiger partial charge in [-0.1, -0.05) is 45.2 Å². The van der Waals surface area contributed by atoms with Crippen LogP contribution in [0.1, 0.15) is 16.1 Å². The van der Waals surface area contributed by atoms with Crippen LogP contribution in [0, 0.1) is 6.92 Å². The zero-order chi connectivity index (χ0) is 17.3. The van der Waals surface area contributed by atoms with Gasteiger partial charge < -0.3 is 9.73 Å². The summed E-state index contributed by atoms with van der Waals surface area (Å²) in [4.78, 5) is 12.5. The van der Waals surface area contributed by atoms with E-state index in [9.17, 15) is 4.79 Å². The van der Waals surface area contributed by atoms with Crippen LogP contribution < -0.4 is 5.32 Å². The van der Waals surface area contributed by atoms with Gasteiger partial charge >= 0.3 is 0 Å². The standard InChI is InChI=1S/C18H12BrCl2NO2/c1-10-16(18(23)22-15-4-2-3-12(19)7-15)9-17(24-10)11-5-13(20)8-14(21)6-11/h2-9H,1H3,(H,22,23). The fourth-order valence-corrected chi connectivity index (χ4v) is 3.24. The Balaban J connectivity index is 1.89. The number of amides is 1. The van der Waals surface area contributed by atoms with E-state index in [0.29, 0.717) is 32.8 Å². The maximum Gasteiger partial charge on any atom is 0.259 e. The van der Waals surface area contributed by atoms with Crippen LogP contribution in [-0.4, -0.2) is 5.91 Å². The lowest BCUT2D eigenvalue weighted by molar-refractivity contribution is 0.102. The topological polar surface area (TPSA) is 42.2 Å². The highest BCUT2D eigenvalue weighted by Gasteiger charge is 2.17. The molecule has 122 valence electrons. The Labute approximate surface area is 157 Å². The smallest absolute Gasteiger partial charge is 0.259 e. The first-order chi connectivity index (χ1) is 11.4. The molecule has 0 fully saturated rings. The van der Waals surface area contributed by atoms with Gasteiger partial charge in [-0.15, -0.1) is 0 Å². The lowest BCUT2D eigenvalue weighted by Gasteiger charge is -2.04. The first-order valence-corrected chi connectivity index (χ1v) is 8.61. The molecule has 3 rings (SSSR count). The van der Waals surface area contributed by atoms with Crippen molar-refractivity contribution in [1.29, 1.82) is 0 Å². The zero-order valence-electron chi connectivity index (χ0n) is 12.6. The molecule has 1 aromatic heterocycles. The summed E-state index contributed by atoms with van der Waals surface area (Å²) in [6, 6.07) is 14.2. The van der Waals surface area contributed by atoms with Gasteiger partial charge in [-0.2, -0.15) is 0 Å². The molecule has 24 heavy (non-hydrogen) atoms. The summed E-state index contributed by atoms with van der Waals surface area (Å²) in [5.74, 6) is 0.818. The van der Waals surface area contributed by atoms with E-state index < -0.39 is 0 Å². The molecule has 0 atom stereocenters. The number of benzene rings is 2. The second kappa shape index (κ2) is 7.01. The molecule has 3 nitrogen and oxygen atoms in total. The molecule has 0 unspecified atom stereocenters. The average molecular weight is 425 g/mol. The second-order valence-corrected chi connectivity index (χ2v) is 6.99. The van der Waals surface area contributed by atoms with Crippen LogP contribution >= 0.6 is 39.1 Å². The van der Waals surface area contributed by atoms with Gasteiger partial charge in [-0.3, -0.25) is 4.79 Å². The summed E-state index contributed by atoms with van der Waals surface area (Å²) >= 11 is 15.4. The SMILES string of the molecule is Cc1oc(-c2cc(Cl)cc(Cl)c2)cc1C(=O)Nc1cccc(Br)c1. The van der Waals surface area contributed by atoms with Crippen LogP contribution in [0.4, 0.5) is 5.69 Å². The molecule has 0 bridgehead atoms. The summed E-state index contributed by atoms with van der Waals surface area (Å²) in [5, 5.41) is 3.86. The van der Waals surface area contributed by atoms with Gasteiger partial charge in [0.1, 0.15) is 11.5 Å². The number of rotatable bonds is 3. The van der Waals surface area contributed by atoms with Crippen molar-refractivity contribution in [2.24, 2.45) is 0 Å². The largest absolute Gasteiger partial charge is 0.461 e. The van der Waals surface area contributed by atoms with E-state index in [2.05, 4.69) is 21.2 Å². The molecule has 0 radical (unpaired) electrons. The number of anilines is 1. The third-order valence-corrected chi connectivity index (χ3v) is 4.32. The molecule has 1 heterocycles. The summed E-state index contributed by atoms with van der Waals surface area (Å²) < 4.78 is 6.59. The Kier molecular flexibility index (Phi) is 4.99. The number of hydrogen-bond acceptors (Lipinski definition) is 2. The van der Waals surface area contributed by atoms with Crippen LogP contribution in [0.15, 0.2) is 57.4 Å².